The van der Waals surface area contributed by atoms with E-state index in [9.17, 15) is 8.42 Å². The second kappa shape index (κ2) is 5.43. The molecule has 3 rings (SSSR count). The zero-order chi connectivity index (χ0) is 15.9. The first-order valence-corrected chi connectivity index (χ1v) is 8.97. The molecule has 1 aliphatic heterocycles. The summed E-state index contributed by atoms with van der Waals surface area (Å²) in [6, 6.07) is 9.27. The first kappa shape index (κ1) is 15.1. The van der Waals surface area contributed by atoms with Crippen LogP contribution in [0.2, 0.25) is 0 Å². The average Bonchev–Trinajstić information content (AvgIpc) is 2.93. The van der Waals surface area contributed by atoms with Crippen molar-refractivity contribution in [2.75, 3.05) is 4.31 Å². The molecule has 0 bridgehead atoms. The third-order valence-electron chi connectivity index (χ3n) is 4.22. The molecule has 0 amide bonds. The molecule has 22 heavy (non-hydrogen) atoms. The van der Waals surface area contributed by atoms with E-state index >= 15 is 0 Å². The number of fused-ring (bicyclic) bond motifs is 1. The standard InChI is InChI=1S/C16H21N3O2S/c1-12(2)14-9-8-13-6-4-5-7-15(13)19(14)22(20,21)16-10-11-18(3)17-16/h4-7,10-12,14H,8-9H2,1-3H3. The van der Waals surface area contributed by atoms with Gasteiger partial charge in [0, 0.05) is 19.3 Å². The topological polar surface area (TPSA) is 55.2 Å². The van der Waals surface area contributed by atoms with Crippen molar-refractivity contribution in [1.82, 2.24) is 9.78 Å². The Morgan fingerprint density at radius 3 is 2.59 bits per heavy atom. The van der Waals surface area contributed by atoms with Gasteiger partial charge in [0.2, 0.25) is 0 Å². The van der Waals surface area contributed by atoms with E-state index in [-0.39, 0.29) is 17.0 Å². The lowest BCUT2D eigenvalue weighted by Crippen LogP contribution is -2.46. The van der Waals surface area contributed by atoms with Crippen LogP contribution in [0, 0.1) is 5.92 Å². The van der Waals surface area contributed by atoms with Crippen LogP contribution in [0.25, 0.3) is 0 Å². The number of aryl methyl sites for hydroxylation is 2. The van der Waals surface area contributed by atoms with Crippen molar-refractivity contribution in [2.45, 2.75) is 37.8 Å². The Balaban J connectivity index is 2.16. The first-order chi connectivity index (χ1) is 10.4. The van der Waals surface area contributed by atoms with Crippen molar-refractivity contribution in [3.63, 3.8) is 0 Å². The summed E-state index contributed by atoms with van der Waals surface area (Å²) in [6.45, 7) is 4.14. The summed E-state index contributed by atoms with van der Waals surface area (Å²) in [5.74, 6) is 0.242. The molecule has 0 aliphatic carbocycles. The van der Waals surface area contributed by atoms with Crippen LogP contribution in [-0.4, -0.2) is 24.2 Å². The largest absolute Gasteiger partial charge is 0.283 e. The Morgan fingerprint density at radius 2 is 1.95 bits per heavy atom. The number of rotatable bonds is 3. The van der Waals surface area contributed by atoms with Gasteiger partial charge in [-0.3, -0.25) is 8.99 Å². The highest BCUT2D eigenvalue weighted by Gasteiger charge is 2.38. The van der Waals surface area contributed by atoms with Gasteiger partial charge in [-0.15, -0.1) is 0 Å². The Labute approximate surface area is 131 Å². The summed E-state index contributed by atoms with van der Waals surface area (Å²) in [4.78, 5) is 0. The number of para-hydroxylation sites is 1. The fourth-order valence-corrected chi connectivity index (χ4v) is 4.89. The number of hydrogen-bond acceptors (Lipinski definition) is 3. The maximum Gasteiger partial charge on any atom is 0.283 e. The number of benzene rings is 1. The molecule has 1 unspecified atom stereocenters. The highest BCUT2D eigenvalue weighted by molar-refractivity contribution is 7.92. The molecular weight excluding hydrogens is 298 g/mol. The predicted molar refractivity (Wildman–Crippen MR) is 86.3 cm³/mol. The molecule has 0 fully saturated rings. The predicted octanol–water partition coefficient (Wildman–Crippen LogP) is 2.59. The van der Waals surface area contributed by atoms with Gasteiger partial charge in [0.1, 0.15) is 0 Å². The Bertz CT molecular complexity index is 780. The average molecular weight is 319 g/mol. The molecule has 118 valence electrons. The minimum absolute atomic E-state index is 0.0399. The van der Waals surface area contributed by atoms with Gasteiger partial charge in [0.25, 0.3) is 10.0 Å². The minimum atomic E-state index is -3.65. The Kier molecular flexibility index (Phi) is 3.72. The third-order valence-corrected chi connectivity index (χ3v) is 5.95. The van der Waals surface area contributed by atoms with E-state index < -0.39 is 10.0 Å². The Hall–Kier alpha value is -1.82. The van der Waals surface area contributed by atoms with E-state index in [0.29, 0.717) is 0 Å². The van der Waals surface area contributed by atoms with Crippen LogP contribution >= 0.6 is 0 Å². The first-order valence-electron chi connectivity index (χ1n) is 7.53. The van der Waals surface area contributed by atoms with Gasteiger partial charge in [-0.1, -0.05) is 32.0 Å². The Morgan fingerprint density at radius 1 is 1.23 bits per heavy atom. The normalized spacial score (nSPS) is 18.5. The SMILES string of the molecule is CC(C)C1CCc2ccccc2N1S(=O)(=O)c1ccn(C)n1. The molecule has 1 atom stereocenters. The van der Waals surface area contributed by atoms with Crippen LogP contribution in [-0.2, 0) is 23.5 Å². The molecule has 0 N–H and O–H groups in total. The maximum absolute atomic E-state index is 13.1. The van der Waals surface area contributed by atoms with Crippen molar-refractivity contribution >= 4 is 15.7 Å². The molecule has 6 heteroatoms. The van der Waals surface area contributed by atoms with Gasteiger partial charge in [0.15, 0.2) is 5.03 Å². The van der Waals surface area contributed by atoms with E-state index in [2.05, 4.69) is 18.9 Å². The van der Waals surface area contributed by atoms with Crippen LogP contribution in [0.1, 0.15) is 25.8 Å². The molecule has 0 radical (unpaired) electrons. The number of anilines is 1. The van der Waals surface area contributed by atoms with Crippen LogP contribution in [0.4, 0.5) is 5.69 Å². The van der Waals surface area contributed by atoms with Crippen LogP contribution in [0.3, 0.4) is 0 Å². The van der Waals surface area contributed by atoms with Gasteiger partial charge in [-0.2, -0.15) is 13.5 Å². The summed E-state index contributed by atoms with van der Waals surface area (Å²) in [6.07, 6.45) is 3.40. The lowest BCUT2D eigenvalue weighted by Gasteiger charge is -2.39. The van der Waals surface area contributed by atoms with Crippen molar-refractivity contribution in [2.24, 2.45) is 13.0 Å². The highest BCUT2D eigenvalue weighted by atomic mass is 32.2. The van der Waals surface area contributed by atoms with E-state index in [1.165, 1.54) is 4.68 Å². The molecule has 2 heterocycles. The minimum Gasteiger partial charge on any atom is -0.274 e. The molecular formula is C16H21N3O2S. The second-order valence-electron chi connectivity index (χ2n) is 6.11. The third kappa shape index (κ3) is 2.41. The number of nitrogens with zero attached hydrogens (tertiary/aromatic N) is 3. The molecule has 1 aliphatic rings. The summed E-state index contributed by atoms with van der Waals surface area (Å²) in [5, 5.41) is 4.22. The van der Waals surface area contributed by atoms with E-state index in [0.717, 1.165) is 24.1 Å². The lowest BCUT2D eigenvalue weighted by molar-refractivity contribution is 0.445. The smallest absolute Gasteiger partial charge is 0.274 e. The quantitative estimate of drug-likeness (QED) is 0.874. The summed E-state index contributed by atoms with van der Waals surface area (Å²) in [5.41, 5.74) is 1.87. The fourth-order valence-electron chi connectivity index (χ4n) is 3.08. The molecule has 5 nitrogen and oxygen atoms in total. The summed E-state index contributed by atoms with van der Waals surface area (Å²) < 4.78 is 29.4. The zero-order valence-corrected chi connectivity index (χ0v) is 13.9. The number of hydrogen-bond donors (Lipinski definition) is 0. The van der Waals surface area contributed by atoms with Crippen molar-refractivity contribution in [3.8, 4) is 0 Å². The molecule has 1 aromatic heterocycles. The van der Waals surface area contributed by atoms with Crippen LogP contribution in [0.15, 0.2) is 41.6 Å². The van der Waals surface area contributed by atoms with Gasteiger partial charge >= 0.3 is 0 Å². The molecule has 0 saturated carbocycles. The van der Waals surface area contributed by atoms with Crippen molar-refractivity contribution in [1.29, 1.82) is 0 Å². The summed E-state index contributed by atoms with van der Waals surface area (Å²) >= 11 is 0. The summed E-state index contributed by atoms with van der Waals surface area (Å²) in [7, 11) is -1.92. The van der Waals surface area contributed by atoms with Crippen LogP contribution in [0.5, 0.6) is 0 Å². The van der Waals surface area contributed by atoms with Crippen molar-refractivity contribution in [3.05, 3.63) is 42.1 Å². The number of sulfonamides is 1. The monoisotopic (exact) mass is 319 g/mol. The van der Waals surface area contributed by atoms with E-state index in [4.69, 9.17) is 0 Å². The fraction of sp³-hybridized carbons (Fsp3) is 0.438. The number of aromatic nitrogens is 2. The maximum atomic E-state index is 13.1. The van der Waals surface area contributed by atoms with Crippen molar-refractivity contribution < 1.29 is 8.42 Å². The molecule has 1 aromatic carbocycles. The lowest BCUT2D eigenvalue weighted by atomic mass is 9.91. The van der Waals surface area contributed by atoms with E-state index in [1.807, 2.05) is 24.3 Å². The van der Waals surface area contributed by atoms with Gasteiger partial charge in [-0.05, 0) is 36.5 Å². The van der Waals surface area contributed by atoms with E-state index in [1.54, 1.807) is 23.6 Å². The molecule has 0 saturated heterocycles. The highest BCUT2D eigenvalue weighted by Crippen LogP contribution is 2.37. The zero-order valence-electron chi connectivity index (χ0n) is 13.1. The molecule has 0 spiro atoms. The van der Waals surface area contributed by atoms with Gasteiger partial charge in [0.05, 0.1) is 5.69 Å². The van der Waals surface area contributed by atoms with Gasteiger partial charge in [-0.25, -0.2) is 0 Å². The second-order valence-corrected chi connectivity index (χ2v) is 7.87. The van der Waals surface area contributed by atoms with Crippen LogP contribution < -0.4 is 4.31 Å². The van der Waals surface area contributed by atoms with Gasteiger partial charge < -0.3 is 0 Å². The molecule has 2 aromatic rings.